The molecule has 0 radical (unpaired) electrons. The first-order chi connectivity index (χ1) is 7.31. The lowest BCUT2D eigenvalue weighted by Gasteiger charge is -2.04. The van der Waals surface area contributed by atoms with E-state index in [-0.39, 0.29) is 0 Å². The lowest BCUT2D eigenvalue weighted by molar-refractivity contribution is 0.187. The van der Waals surface area contributed by atoms with Gasteiger partial charge in [-0.1, -0.05) is 0 Å². The minimum atomic E-state index is -0.606. The van der Waals surface area contributed by atoms with Crippen LogP contribution in [-0.2, 0) is 11.3 Å². The summed E-state index contributed by atoms with van der Waals surface area (Å²) >= 11 is 1.58. The van der Waals surface area contributed by atoms with Crippen LogP contribution in [-0.4, -0.2) is 22.4 Å². The summed E-state index contributed by atoms with van der Waals surface area (Å²) in [6, 6.07) is 1.95. The Morgan fingerprint density at radius 1 is 1.60 bits per heavy atom. The number of nitrogens with one attached hydrogen (secondary N) is 1. The van der Waals surface area contributed by atoms with Crippen LogP contribution in [0.3, 0.4) is 0 Å². The molecular formula is C10H12N2O2S. The quantitative estimate of drug-likeness (QED) is 0.831. The number of rotatable bonds is 4. The van der Waals surface area contributed by atoms with E-state index in [2.05, 4.69) is 10.2 Å². The van der Waals surface area contributed by atoms with Crippen LogP contribution in [0.15, 0.2) is 23.8 Å². The topological polar surface area (TPSA) is 58.1 Å². The van der Waals surface area contributed by atoms with Gasteiger partial charge in [0.05, 0.1) is 12.8 Å². The molecule has 2 aromatic heterocycles. The van der Waals surface area contributed by atoms with Crippen molar-refractivity contribution < 1.29 is 9.84 Å². The van der Waals surface area contributed by atoms with E-state index in [1.54, 1.807) is 30.8 Å². The number of methoxy groups -OCH3 is 1. The molecule has 0 aliphatic carbocycles. The van der Waals surface area contributed by atoms with Gasteiger partial charge in [-0.05, 0) is 17.0 Å². The van der Waals surface area contributed by atoms with Crippen LogP contribution >= 0.6 is 11.3 Å². The average Bonchev–Trinajstić information content (AvgIpc) is 2.87. The minimum Gasteiger partial charge on any atom is -0.384 e. The van der Waals surface area contributed by atoms with Gasteiger partial charge < -0.3 is 9.84 Å². The van der Waals surface area contributed by atoms with Crippen LogP contribution in [0.5, 0.6) is 0 Å². The molecule has 0 spiro atoms. The number of hydrogen-bond acceptors (Lipinski definition) is 4. The van der Waals surface area contributed by atoms with Crippen molar-refractivity contribution in [1.29, 1.82) is 0 Å². The summed E-state index contributed by atoms with van der Waals surface area (Å²) in [5.74, 6) is 0. The molecule has 2 heterocycles. The lowest BCUT2D eigenvalue weighted by Crippen LogP contribution is -1.95. The number of H-pyrrole nitrogens is 1. The summed E-state index contributed by atoms with van der Waals surface area (Å²) in [5.41, 5.74) is 1.66. The Morgan fingerprint density at radius 3 is 3.13 bits per heavy atom. The number of aliphatic hydroxyl groups excluding tert-OH is 1. The van der Waals surface area contributed by atoms with Gasteiger partial charge in [0.1, 0.15) is 6.10 Å². The second kappa shape index (κ2) is 4.57. The standard InChI is InChI=1S/C10H12N2O2S/c1-14-5-9-2-7(6-15-9)10(13)8-3-11-12-4-8/h2-4,6,10,13H,5H2,1H3,(H,11,12). The highest BCUT2D eigenvalue weighted by Crippen LogP contribution is 2.25. The molecule has 0 fully saturated rings. The third kappa shape index (κ3) is 2.26. The van der Waals surface area contributed by atoms with Crippen LogP contribution in [0.2, 0.25) is 0 Å². The lowest BCUT2D eigenvalue weighted by atomic mass is 10.1. The van der Waals surface area contributed by atoms with Crippen molar-refractivity contribution in [3.63, 3.8) is 0 Å². The van der Waals surface area contributed by atoms with Gasteiger partial charge in [-0.2, -0.15) is 5.10 Å². The Kier molecular flexibility index (Phi) is 3.15. The number of ether oxygens (including phenoxy) is 1. The molecule has 15 heavy (non-hydrogen) atoms. The Hall–Kier alpha value is -1.17. The molecule has 0 bridgehead atoms. The predicted molar refractivity (Wildman–Crippen MR) is 57.7 cm³/mol. The molecule has 2 aromatic rings. The summed E-state index contributed by atoms with van der Waals surface area (Å²) in [7, 11) is 1.66. The molecule has 0 aliphatic rings. The molecule has 5 heteroatoms. The monoisotopic (exact) mass is 224 g/mol. The molecule has 80 valence electrons. The highest BCUT2D eigenvalue weighted by atomic mass is 32.1. The van der Waals surface area contributed by atoms with Gasteiger partial charge in [-0.3, -0.25) is 5.10 Å². The van der Waals surface area contributed by atoms with E-state index in [0.29, 0.717) is 6.61 Å². The van der Waals surface area contributed by atoms with Crippen molar-refractivity contribution in [3.05, 3.63) is 39.8 Å². The maximum atomic E-state index is 9.97. The van der Waals surface area contributed by atoms with E-state index in [1.807, 2.05) is 11.4 Å². The largest absolute Gasteiger partial charge is 0.384 e. The van der Waals surface area contributed by atoms with Crippen LogP contribution < -0.4 is 0 Å². The molecule has 0 saturated heterocycles. The summed E-state index contributed by atoms with van der Waals surface area (Å²) in [6.07, 6.45) is 2.71. The summed E-state index contributed by atoms with van der Waals surface area (Å²) in [5, 5.41) is 18.4. The zero-order valence-corrected chi connectivity index (χ0v) is 9.12. The Bertz CT molecular complexity index is 411. The zero-order valence-electron chi connectivity index (χ0n) is 8.30. The minimum absolute atomic E-state index is 0.586. The van der Waals surface area contributed by atoms with Gasteiger partial charge in [-0.15, -0.1) is 11.3 Å². The van der Waals surface area contributed by atoms with Crippen molar-refractivity contribution in [2.75, 3.05) is 7.11 Å². The number of aromatic amines is 1. The van der Waals surface area contributed by atoms with Crippen molar-refractivity contribution >= 4 is 11.3 Å². The zero-order chi connectivity index (χ0) is 10.7. The number of hydrogen-bond donors (Lipinski definition) is 2. The van der Waals surface area contributed by atoms with Gasteiger partial charge in [0, 0.05) is 23.7 Å². The van der Waals surface area contributed by atoms with Crippen molar-refractivity contribution in [2.45, 2.75) is 12.7 Å². The van der Waals surface area contributed by atoms with E-state index in [4.69, 9.17) is 4.74 Å². The highest BCUT2D eigenvalue weighted by molar-refractivity contribution is 7.10. The van der Waals surface area contributed by atoms with Gasteiger partial charge in [0.2, 0.25) is 0 Å². The molecule has 4 nitrogen and oxygen atoms in total. The van der Waals surface area contributed by atoms with Gasteiger partial charge >= 0.3 is 0 Å². The molecule has 0 aromatic carbocycles. The van der Waals surface area contributed by atoms with Crippen molar-refractivity contribution in [1.82, 2.24) is 10.2 Å². The number of aromatic nitrogens is 2. The van der Waals surface area contributed by atoms with Gasteiger partial charge in [0.25, 0.3) is 0 Å². The van der Waals surface area contributed by atoms with E-state index >= 15 is 0 Å². The Labute approximate surface area is 91.5 Å². The predicted octanol–water partition coefficient (Wildman–Crippen LogP) is 1.70. The average molecular weight is 224 g/mol. The van der Waals surface area contributed by atoms with Gasteiger partial charge in [0.15, 0.2) is 0 Å². The Balaban J connectivity index is 2.15. The number of aliphatic hydroxyl groups is 1. The van der Waals surface area contributed by atoms with E-state index < -0.39 is 6.10 Å². The first-order valence-corrected chi connectivity index (χ1v) is 5.42. The number of nitrogens with zero attached hydrogens (tertiary/aromatic N) is 1. The molecule has 0 amide bonds. The second-order valence-electron chi connectivity index (χ2n) is 3.21. The molecular weight excluding hydrogens is 212 g/mol. The van der Waals surface area contributed by atoms with Crippen LogP contribution in [0.4, 0.5) is 0 Å². The van der Waals surface area contributed by atoms with E-state index in [0.717, 1.165) is 16.0 Å². The second-order valence-corrected chi connectivity index (χ2v) is 4.21. The third-order valence-corrected chi connectivity index (χ3v) is 3.04. The fourth-order valence-electron chi connectivity index (χ4n) is 1.36. The number of thiophene rings is 1. The fourth-order valence-corrected chi connectivity index (χ4v) is 2.24. The molecule has 2 N–H and O–H groups in total. The normalized spacial score (nSPS) is 12.9. The molecule has 0 aliphatic heterocycles. The smallest absolute Gasteiger partial charge is 0.108 e. The maximum absolute atomic E-state index is 9.97. The van der Waals surface area contributed by atoms with E-state index in [9.17, 15) is 5.11 Å². The molecule has 2 rings (SSSR count). The summed E-state index contributed by atoms with van der Waals surface area (Å²) < 4.78 is 5.02. The van der Waals surface area contributed by atoms with Crippen LogP contribution in [0.25, 0.3) is 0 Å². The van der Waals surface area contributed by atoms with E-state index in [1.165, 1.54) is 0 Å². The first-order valence-electron chi connectivity index (χ1n) is 4.54. The SMILES string of the molecule is COCc1cc(C(O)c2cn[nH]c2)cs1. The van der Waals surface area contributed by atoms with Crippen LogP contribution in [0, 0.1) is 0 Å². The molecule has 0 saturated carbocycles. The van der Waals surface area contributed by atoms with Gasteiger partial charge in [-0.25, -0.2) is 0 Å². The molecule has 1 atom stereocenters. The molecule has 1 unspecified atom stereocenters. The first kappa shape index (κ1) is 10.4. The third-order valence-electron chi connectivity index (χ3n) is 2.11. The maximum Gasteiger partial charge on any atom is 0.108 e. The van der Waals surface area contributed by atoms with Crippen LogP contribution in [0.1, 0.15) is 22.1 Å². The fraction of sp³-hybridized carbons (Fsp3) is 0.300. The Morgan fingerprint density at radius 2 is 2.47 bits per heavy atom. The highest BCUT2D eigenvalue weighted by Gasteiger charge is 2.13. The summed E-state index contributed by atoms with van der Waals surface area (Å²) in [4.78, 5) is 1.11. The van der Waals surface area contributed by atoms with Crippen molar-refractivity contribution in [2.24, 2.45) is 0 Å². The summed E-state index contributed by atoms with van der Waals surface area (Å²) in [6.45, 7) is 0.586. The van der Waals surface area contributed by atoms with Crippen molar-refractivity contribution in [3.8, 4) is 0 Å².